The maximum absolute atomic E-state index is 13.0. The molecule has 0 unspecified atom stereocenters. The van der Waals surface area contributed by atoms with Gasteiger partial charge in [0.1, 0.15) is 0 Å². The molecule has 1 aromatic heterocycles. The summed E-state index contributed by atoms with van der Waals surface area (Å²) >= 11 is 0. The van der Waals surface area contributed by atoms with Crippen molar-refractivity contribution < 1.29 is 4.79 Å². The van der Waals surface area contributed by atoms with E-state index in [0.717, 1.165) is 35.1 Å². The van der Waals surface area contributed by atoms with E-state index in [-0.39, 0.29) is 5.91 Å². The van der Waals surface area contributed by atoms with Crippen molar-refractivity contribution in [3.63, 3.8) is 0 Å². The summed E-state index contributed by atoms with van der Waals surface area (Å²) in [6.45, 7) is 7.19. The fourth-order valence-corrected chi connectivity index (χ4v) is 3.97. The molecule has 0 radical (unpaired) electrons. The predicted molar refractivity (Wildman–Crippen MR) is 132 cm³/mol. The first kappa shape index (κ1) is 23.0. The second kappa shape index (κ2) is 11.6. The molecule has 3 aromatic rings. The van der Waals surface area contributed by atoms with E-state index in [1.54, 1.807) is 0 Å². The van der Waals surface area contributed by atoms with Crippen LogP contribution in [0.1, 0.15) is 79.8 Å². The maximum Gasteiger partial charge on any atom is 0.252 e. The quantitative estimate of drug-likeness (QED) is 0.331. The second-order valence-corrected chi connectivity index (χ2v) is 8.60. The number of fused-ring (bicyclic) bond motifs is 1. The van der Waals surface area contributed by atoms with Crippen LogP contribution in [0.2, 0.25) is 0 Å². The molecule has 2 aromatic carbocycles. The third-order valence-electron chi connectivity index (χ3n) is 6.08. The molecule has 0 aliphatic heterocycles. The molecule has 0 bridgehead atoms. The Bertz CT molecular complexity index is 1010. The lowest BCUT2D eigenvalue weighted by molar-refractivity contribution is 0.0954. The van der Waals surface area contributed by atoms with Gasteiger partial charge in [0.15, 0.2) is 0 Å². The molecule has 3 rings (SSSR count). The Hall–Kier alpha value is -2.68. The van der Waals surface area contributed by atoms with Crippen LogP contribution in [-0.4, -0.2) is 17.4 Å². The third-order valence-corrected chi connectivity index (χ3v) is 6.08. The van der Waals surface area contributed by atoms with Gasteiger partial charge in [0.05, 0.1) is 16.8 Å². The Kier molecular flexibility index (Phi) is 8.63. The number of benzene rings is 2. The van der Waals surface area contributed by atoms with Crippen LogP contribution in [0.4, 0.5) is 0 Å². The lowest BCUT2D eigenvalue weighted by Gasteiger charge is -2.11. The summed E-state index contributed by atoms with van der Waals surface area (Å²) in [5, 5.41) is 4.04. The zero-order valence-corrected chi connectivity index (χ0v) is 19.3. The molecule has 1 heterocycles. The number of hydrogen-bond acceptors (Lipinski definition) is 2. The number of carbonyl (C=O) groups excluding carboxylic acids is 1. The first-order valence-electron chi connectivity index (χ1n) is 11.9. The summed E-state index contributed by atoms with van der Waals surface area (Å²) in [6.07, 6.45) is 10.1. The van der Waals surface area contributed by atoms with E-state index >= 15 is 0 Å². The van der Waals surface area contributed by atoms with Crippen molar-refractivity contribution in [3.05, 3.63) is 65.2 Å². The van der Waals surface area contributed by atoms with Crippen LogP contribution in [-0.2, 0) is 0 Å². The highest BCUT2D eigenvalue weighted by atomic mass is 16.1. The number of unbranched alkanes of at least 4 members (excludes halogenated alkanes) is 7. The Morgan fingerprint density at radius 2 is 1.55 bits per heavy atom. The van der Waals surface area contributed by atoms with Gasteiger partial charge in [-0.2, -0.15) is 0 Å². The molecule has 1 N–H and O–H groups in total. The van der Waals surface area contributed by atoms with E-state index in [1.165, 1.54) is 56.1 Å². The summed E-state index contributed by atoms with van der Waals surface area (Å²) in [4.78, 5) is 17.9. The van der Waals surface area contributed by atoms with E-state index in [0.29, 0.717) is 5.56 Å². The number of nitrogens with zero attached hydrogens (tertiary/aromatic N) is 1. The van der Waals surface area contributed by atoms with Crippen molar-refractivity contribution in [2.24, 2.45) is 0 Å². The number of carbonyl (C=O) groups is 1. The Labute approximate surface area is 187 Å². The van der Waals surface area contributed by atoms with Crippen LogP contribution in [0, 0.1) is 13.8 Å². The summed E-state index contributed by atoms with van der Waals surface area (Å²) < 4.78 is 0. The number of aromatic nitrogens is 1. The highest BCUT2D eigenvalue weighted by Gasteiger charge is 2.14. The topological polar surface area (TPSA) is 42.0 Å². The molecule has 0 saturated carbocycles. The zero-order chi connectivity index (χ0) is 22.1. The van der Waals surface area contributed by atoms with Gasteiger partial charge in [0, 0.05) is 17.5 Å². The molecule has 31 heavy (non-hydrogen) atoms. The van der Waals surface area contributed by atoms with E-state index in [1.807, 2.05) is 30.3 Å². The molecule has 3 heteroatoms. The average molecular weight is 417 g/mol. The lowest BCUT2D eigenvalue weighted by Crippen LogP contribution is -2.24. The fraction of sp³-hybridized carbons (Fsp3) is 0.429. The Balaban J connectivity index is 1.66. The second-order valence-electron chi connectivity index (χ2n) is 8.60. The van der Waals surface area contributed by atoms with Crippen molar-refractivity contribution in [3.8, 4) is 11.3 Å². The first-order valence-corrected chi connectivity index (χ1v) is 11.9. The number of aryl methyl sites for hydroxylation is 2. The van der Waals surface area contributed by atoms with Crippen LogP contribution in [0.25, 0.3) is 22.2 Å². The minimum Gasteiger partial charge on any atom is -0.352 e. The van der Waals surface area contributed by atoms with Crippen molar-refractivity contribution in [1.82, 2.24) is 10.3 Å². The molecule has 0 saturated heterocycles. The first-order chi connectivity index (χ1) is 15.1. The van der Waals surface area contributed by atoms with Crippen LogP contribution in [0.5, 0.6) is 0 Å². The Morgan fingerprint density at radius 3 is 2.29 bits per heavy atom. The van der Waals surface area contributed by atoms with Gasteiger partial charge >= 0.3 is 0 Å². The van der Waals surface area contributed by atoms with Gasteiger partial charge in [0.2, 0.25) is 0 Å². The normalized spacial score (nSPS) is 11.1. The summed E-state index contributed by atoms with van der Waals surface area (Å²) in [5.74, 6) is -0.00775. The van der Waals surface area contributed by atoms with Crippen molar-refractivity contribution in [1.29, 1.82) is 0 Å². The molecule has 164 valence electrons. The van der Waals surface area contributed by atoms with Crippen LogP contribution in [0.15, 0.2) is 48.5 Å². The molecule has 0 atom stereocenters. The van der Waals surface area contributed by atoms with Gasteiger partial charge < -0.3 is 5.32 Å². The van der Waals surface area contributed by atoms with Gasteiger partial charge in [-0.1, -0.05) is 82.2 Å². The van der Waals surface area contributed by atoms with E-state index in [4.69, 9.17) is 4.98 Å². The molecule has 0 aliphatic rings. The van der Waals surface area contributed by atoms with Crippen molar-refractivity contribution >= 4 is 16.8 Å². The molecular formula is C28H36N2O. The van der Waals surface area contributed by atoms with Crippen LogP contribution in [0.3, 0.4) is 0 Å². The van der Waals surface area contributed by atoms with Gasteiger partial charge in [-0.05, 0) is 49.6 Å². The molecule has 0 spiro atoms. The summed E-state index contributed by atoms with van der Waals surface area (Å²) in [6, 6.07) is 16.2. The molecule has 1 amide bonds. The third kappa shape index (κ3) is 6.40. The molecular weight excluding hydrogens is 380 g/mol. The highest BCUT2D eigenvalue weighted by Crippen LogP contribution is 2.26. The largest absolute Gasteiger partial charge is 0.352 e. The summed E-state index contributed by atoms with van der Waals surface area (Å²) in [7, 11) is 0. The number of nitrogens with one attached hydrogen (secondary N) is 1. The van der Waals surface area contributed by atoms with Gasteiger partial charge in [0.25, 0.3) is 5.91 Å². The number of para-hydroxylation sites is 1. The Morgan fingerprint density at radius 1 is 0.839 bits per heavy atom. The average Bonchev–Trinajstić information content (AvgIpc) is 2.79. The SMILES string of the molecule is CCCCCCCCCCNC(=O)c1cc(-c2ccc(C)c(C)c2)nc2ccccc12. The zero-order valence-electron chi connectivity index (χ0n) is 19.3. The maximum atomic E-state index is 13.0. The monoisotopic (exact) mass is 416 g/mol. The van der Waals surface area contributed by atoms with E-state index in [2.05, 4.69) is 44.3 Å². The minimum atomic E-state index is -0.00775. The number of amides is 1. The van der Waals surface area contributed by atoms with Gasteiger partial charge in [-0.15, -0.1) is 0 Å². The standard InChI is InChI=1S/C28H36N2O/c1-4-5-6-7-8-9-10-13-18-29-28(31)25-20-27(23-17-16-21(2)22(3)19-23)30-26-15-12-11-14-24(25)26/h11-12,14-17,19-20H,4-10,13,18H2,1-3H3,(H,29,31). The summed E-state index contributed by atoms with van der Waals surface area (Å²) in [5.41, 5.74) is 5.94. The number of pyridine rings is 1. The van der Waals surface area contributed by atoms with Crippen molar-refractivity contribution in [2.75, 3.05) is 6.54 Å². The number of hydrogen-bond donors (Lipinski definition) is 1. The smallest absolute Gasteiger partial charge is 0.252 e. The van der Waals surface area contributed by atoms with Crippen LogP contribution < -0.4 is 5.32 Å². The van der Waals surface area contributed by atoms with E-state index in [9.17, 15) is 4.79 Å². The lowest BCUT2D eigenvalue weighted by atomic mass is 10.0. The van der Waals surface area contributed by atoms with Gasteiger partial charge in [-0.3, -0.25) is 4.79 Å². The molecule has 0 fully saturated rings. The van der Waals surface area contributed by atoms with E-state index < -0.39 is 0 Å². The van der Waals surface area contributed by atoms with Crippen molar-refractivity contribution in [2.45, 2.75) is 72.1 Å². The van der Waals surface area contributed by atoms with Gasteiger partial charge in [-0.25, -0.2) is 4.98 Å². The predicted octanol–water partition coefficient (Wildman–Crippen LogP) is 7.39. The fourth-order valence-electron chi connectivity index (χ4n) is 3.97. The minimum absolute atomic E-state index is 0.00775. The molecule has 3 nitrogen and oxygen atoms in total. The van der Waals surface area contributed by atoms with Crippen LogP contribution >= 0.6 is 0 Å². The highest BCUT2D eigenvalue weighted by molar-refractivity contribution is 6.07. The number of rotatable bonds is 11. The molecule has 0 aliphatic carbocycles.